The quantitative estimate of drug-likeness (QED) is 0.828. The monoisotopic (exact) mass is 327 g/mol. The second kappa shape index (κ2) is 8.39. The predicted molar refractivity (Wildman–Crippen MR) is 95.7 cm³/mol. The molecule has 0 fully saturated rings. The summed E-state index contributed by atoms with van der Waals surface area (Å²) < 4.78 is 10.3. The van der Waals surface area contributed by atoms with Crippen LogP contribution >= 0.6 is 0 Å². The Hall–Kier alpha value is -2.49. The van der Waals surface area contributed by atoms with Gasteiger partial charge in [0.2, 0.25) is 0 Å². The molecule has 0 aliphatic carbocycles. The average molecular weight is 327 g/mol. The Morgan fingerprint density at radius 3 is 1.88 bits per heavy atom. The maximum atomic E-state index is 12.6. The van der Waals surface area contributed by atoms with E-state index in [9.17, 15) is 4.79 Å². The highest BCUT2D eigenvalue weighted by molar-refractivity contribution is 5.94. The van der Waals surface area contributed by atoms with Crippen LogP contribution in [0.5, 0.6) is 11.5 Å². The zero-order chi connectivity index (χ0) is 17.5. The van der Waals surface area contributed by atoms with Gasteiger partial charge >= 0.3 is 0 Å². The zero-order valence-electron chi connectivity index (χ0n) is 14.7. The van der Waals surface area contributed by atoms with Gasteiger partial charge in [0, 0.05) is 5.56 Å². The normalized spacial score (nSPS) is 11.9. The molecule has 0 aromatic heterocycles. The summed E-state index contributed by atoms with van der Waals surface area (Å²) in [6, 6.07) is 14.9. The molecule has 1 atom stereocenters. The van der Waals surface area contributed by atoms with E-state index < -0.39 is 0 Å². The molecule has 0 heterocycles. The fraction of sp³-hybridized carbons (Fsp3) is 0.350. The second-order valence-electron chi connectivity index (χ2n) is 6.16. The molecule has 0 radical (unpaired) electrons. The molecular weight excluding hydrogens is 302 g/mol. The van der Waals surface area contributed by atoms with Crippen LogP contribution in [0.15, 0.2) is 48.5 Å². The van der Waals surface area contributed by atoms with Crippen LogP contribution in [0.4, 0.5) is 0 Å². The van der Waals surface area contributed by atoms with E-state index in [1.54, 1.807) is 38.5 Å². The lowest BCUT2D eigenvalue weighted by Crippen LogP contribution is -2.29. The third-order valence-electron chi connectivity index (χ3n) is 3.88. The first-order valence-corrected chi connectivity index (χ1v) is 8.12. The number of rotatable bonds is 7. The summed E-state index contributed by atoms with van der Waals surface area (Å²) in [6.45, 7) is 4.30. The first kappa shape index (κ1) is 17.9. The van der Waals surface area contributed by atoms with Gasteiger partial charge < -0.3 is 14.8 Å². The Morgan fingerprint density at radius 2 is 1.42 bits per heavy atom. The first-order chi connectivity index (χ1) is 11.5. The zero-order valence-corrected chi connectivity index (χ0v) is 14.7. The predicted octanol–water partition coefficient (Wildman–Crippen LogP) is 4.22. The van der Waals surface area contributed by atoms with Gasteiger partial charge in [0.05, 0.1) is 20.3 Å². The number of methoxy groups -OCH3 is 2. The Kier molecular flexibility index (Phi) is 6.24. The van der Waals surface area contributed by atoms with Gasteiger partial charge in [-0.2, -0.15) is 0 Å². The van der Waals surface area contributed by atoms with Crippen LogP contribution in [0.3, 0.4) is 0 Å². The summed E-state index contributed by atoms with van der Waals surface area (Å²) in [4.78, 5) is 12.6. The summed E-state index contributed by atoms with van der Waals surface area (Å²) >= 11 is 0. The number of nitrogens with one attached hydrogen (secondary N) is 1. The van der Waals surface area contributed by atoms with Gasteiger partial charge in [0.25, 0.3) is 5.91 Å². The molecule has 0 bridgehead atoms. The Balaban J connectivity index is 2.15. The summed E-state index contributed by atoms with van der Waals surface area (Å²) in [5, 5.41) is 3.14. The molecule has 1 unspecified atom stereocenters. The topological polar surface area (TPSA) is 47.6 Å². The van der Waals surface area contributed by atoms with Crippen molar-refractivity contribution in [3.05, 3.63) is 59.7 Å². The van der Waals surface area contributed by atoms with E-state index in [2.05, 4.69) is 19.2 Å². The number of hydrogen-bond donors (Lipinski definition) is 1. The molecule has 4 heteroatoms. The Labute approximate surface area is 143 Å². The van der Waals surface area contributed by atoms with E-state index in [-0.39, 0.29) is 11.9 Å². The van der Waals surface area contributed by atoms with Gasteiger partial charge in [-0.1, -0.05) is 26.0 Å². The molecule has 24 heavy (non-hydrogen) atoms. The molecule has 2 rings (SSSR count). The van der Waals surface area contributed by atoms with Gasteiger partial charge in [-0.3, -0.25) is 4.79 Å². The standard InChI is InChI=1S/C20H25NO3/c1-14(2)13-19(15-5-9-17(23-3)10-6-15)21-20(22)16-7-11-18(24-4)12-8-16/h5-12,14,19H,13H2,1-4H3,(H,21,22). The first-order valence-electron chi connectivity index (χ1n) is 8.12. The molecular formula is C20H25NO3. The molecule has 128 valence electrons. The SMILES string of the molecule is COc1ccc(C(=O)NC(CC(C)C)c2ccc(OC)cc2)cc1. The Morgan fingerprint density at radius 1 is 0.917 bits per heavy atom. The van der Waals surface area contributed by atoms with Crippen molar-refractivity contribution in [1.82, 2.24) is 5.32 Å². The fourth-order valence-corrected chi connectivity index (χ4v) is 2.57. The third-order valence-corrected chi connectivity index (χ3v) is 3.88. The van der Waals surface area contributed by atoms with Crippen LogP contribution < -0.4 is 14.8 Å². The van der Waals surface area contributed by atoms with Crippen molar-refractivity contribution in [2.75, 3.05) is 14.2 Å². The number of ether oxygens (including phenoxy) is 2. The highest BCUT2D eigenvalue weighted by Gasteiger charge is 2.17. The van der Waals surface area contributed by atoms with Crippen LogP contribution in [0.2, 0.25) is 0 Å². The molecule has 0 saturated carbocycles. The minimum atomic E-state index is -0.0841. The van der Waals surface area contributed by atoms with Gasteiger partial charge in [0.15, 0.2) is 0 Å². The lowest BCUT2D eigenvalue weighted by Gasteiger charge is -2.21. The molecule has 4 nitrogen and oxygen atoms in total. The lowest BCUT2D eigenvalue weighted by atomic mass is 9.96. The van der Waals surface area contributed by atoms with E-state index in [0.29, 0.717) is 11.5 Å². The highest BCUT2D eigenvalue weighted by Crippen LogP contribution is 2.24. The fourth-order valence-electron chi connectivity index (χ4n) is 2.57. The minimum Gasteiger partial charge on any atom is -0.497 e. The largest absolute Gasteiger partial charge is 0.497 e. The van der Waals surface area contributed by atoms with E-state index in [4.69, 9.17) is 9.47 Å². The molecule has 0 spiro atoms. The highest BCUT2D eigenvalue weighted by atomic mass is 16.5. The van der Waals surface area contributed by atoms with Gasteiger partial charge in [-0.25, -0.2) is 0 Å². The molecule has 1 N–H and O–H groups in total. The van der Waals surface area contributed by atoms with E-state index in [1.807, 2.05) is 24.3 Å². The maximum absolute atomic E-state index is 12.6. The number of carbonyl (C=O) groups excluding carboxylic acids is 1. The van der Waals surface area contributed by atoms with Crippen molar-refractivity contribution < 1.29 is 14.3 Å². The molecule has 0 aliphatic heterocycles. The molecule has 2 aromatic carbocycles. The molecule has 2 aromatic rings. The van der Waals surface area contributed by atoms with Crippen LogP contribution in [-0.2, 0) is 0 Å². The number of benzene rings is 2. The summed E-state index contributed by atoms with van der Waals surface area (Å²) in [5.41, 5.74) is 1.70. The van der Waals surface area contributed by atoms with Crippen molar-refractivity contribution in [2.24, 2.45) is 5.92 Å². The number of carbonyl (C=O) groups is 1. The van der Waals surface area contributed by atoms with Crippen LogP contribution in [0, 0.1) is 5.92 Å². The van der Waals surface area contributed by atoms with Gasteiger partial charge in [-0.15, -0.1) is 0 Å². The van der Waals surface area contributed by atoms with Crippen molar-refractivity contribution in [2.45, 2.75) is 26.3 Å². The summed E-state index contributed by atoms with van der Waals surface area (Å²) in [7, 11) is 3.25. The number of hydrogen-bond acceptors (Lipinski definition) is 3. The molecule has 1 amide bonds. The molecule has 0 aliphatic rings. The smallest absolute Gasteiger partial charge is 0.251 e. The van der Waals surface area contributed by atoms with Crippen LogP contribution in [-0.4, -0.2) is 20.1 Å². The lowest BCUT2D eigenvalue weighted by molar-refractivity contribution is 0.0932. The van der Waals surface area contributed by atoms with E-state index in [1.165, 1.54) is 0 Å². The van der Waals surface area contributed by atoms with Crippen molar-refractivity contribution in [3.63, 3.8) is 0 Å². The van der Waals surface area contributed by atoms with E-state index in [0.717, 1.165) is 23.5 Å². The van der Waals surface area contributed by atoms with Crippen molar-refractivity contribution in [3.8, 4) is 11.5 Å². The van der Waals surface area contributed by atoms with Gasteiger partial charge in [0.1, 0.15) is 11.5 Å². The van der Waals surface area contributed by atoms with Crippen molar-refractivity contribution >= 4 is 5.91 Å². The van der Waals surface area contributed by atoms with E-state index >= 15 is 0 Å². The van der Waals surface area contributed by atoms with Crippen LogP contribution in [0.1, 0.15) is 42.2 Å². The van der Waals surface area contributed by atoms with Crippen molar-refractivity contribution in [1.29, 1.82) is 0 Å². The summed E-state index contributed by atoms with van der Waals surface area (Å²) in [6.07, 6.45) is 0.869. The Bertz CT molecular complexity index is 648. The maximum Gasteiger partial charge on any atom is 0.251 e. The molecule has 0 saturated heterocycles. The average Bonchev–Trinajstić information content (AvgIpc) is 2.61. The second-order valence-corrected chi connectivity index (χ2v) is 6.16. The van der Waals surface area contributed by atoms with Gasteiger partial charge in [-0.05, 0) is 54.3 Å². The van der Waals surface area contributed by atoms with Crippen LogP contribution in [0.25, 0.3) is 0 Å². The number of amides is 1. The summed E-state index contributed by atoms with van der Waals surface area (Å²) in [5.74, 6) is 1.93. The minimum absolute atomic E-state index is 0.0366. The third kappa shape index (κ3) is 4.75.